The van der Waals surface area contributed by atoms with Crippen LogP contribution in [-0.4, -0.2) is 6.34 Å². The van der Waals surface area contributed by atoms with Crippen molar-refractivity contribution in [3.8, 4) is 0 Å². The van der Waals surface area contributed by atoms with E-state index in [1.807, 2.05) is 0 Å². The minimum atomic E-state index is 0.197. The van der Waals surface area contributed by atoms with Crippen LogP contribution in [0.1, 0.15) is 0 Å². The fourth-order valence-electron chi connectivity index (χ4n) is 1.33. The van der Waals surface area contributed by atoms with E-state index < -0.39 is 0 Å². The van der Waals surface area contributed by atoms with Crippen LogP contribution in [0.5, 0.6) is 0 Å². The minimum Gasteiger partial charge on any atom is -0.229 e. The second-order valence-corrected chi connectivity index (χ2v) is 4.15. The van der Waals surface area contributed by atoms with Crippen LogP contribution in [0.2, 0.25) is 0 Å². The van der Waals surface area contributed by atoms with Gasteiger partial charge in [0.15, 0.2) is 10.7 Å². The van der Waals surface area contributed by atoms with Crippen molar-refractivity contribution in [2.45, 2.75) is 0 Å². The molecule has 0 aromatic carbocycles. The zero-order valence-electron chi connectivity index (χ0n) is 5.69. The van der Waals surface area contributed by atoms with Crippen LogP contribution in [0.15, 0.2) is 32.9 Å². The molecule has 2 nitrogen and oxygen atoms in total. The first kappa shape index (κ1) is 5.43. The molecule has 1 aliphatic heterocycles. The van der Waals surface area contributed by atoms with Gasteiger partial charge in [-0.1, -0.05) is 0 Å². The molecule has 0 N–H and O–H groups in total. The highest BCUT2D eigenvalue weighted by Gasteiger charge is 2.16. The average Bonchev–Trinajstić information content (AvgIpc) is 2.52. The van der Waals surface area contributed by atoms with E-state index in [9.17, 15) is 0 Å². The third-order valence-electron chi connectivity index (χ3n) is 1.82. The lowest BCUT2D eigenvalue weighted by Crippen LogP contribution is -1.91. The van der Waals surface area contributed by atoms with Crippen LogP contribution in [-0.2, 0) is 0 Å². The molecule has 0 aliphatic carbocycles. The van der Waals surface area contributed by atoms with E-state index in [2.05, 4.69) is 32.9 Å². The monoisotopic (exact) mass is 161 g/mol. The number of aliphatic imine (C=N–C) groups is 1. The minimum absolute atomic E-state index is 0.197. The molecule has 0 saturated heterocycles. The van der Waals surface area contributed by atoms with Gasteiger partial charge in [-0.15, -0.1) is 0 Å². The van der Waals surface area contributed by atoms with Gasteiger partial charge in [-0.3, -0.25) is 0 Å². The van der Waals surface area contributed by atoms with Crippen molar-refractivity contribution in [3.05, 3.63) is 28.3 Å². The Hall–Kier alpha value is -1.22. The van der Waals surface area contributed by atoms with E-state index in [1.165, 1.54) is 4.70 Å². The summed E-state index contributed by atoms with van der Waals surface area (Å²) in [7, 11) is 0.197. The number of rotatable bonds is 0. The fraction of sp³-hybridized carbons (Fsp3) is 0. The molecule has 11 heavy (non-hydrogen) atoms. The number of fused-ring (bicyclic) bond motifs is 3. The quantitative estimate of drug-likeness (QED) is 0.527. The van der Waals surface area contributed by atoms with E-state index >= 15 is 0 Å². The van der Waals surface area contributed by atoms with Crippen molar-refractivity contribution < 1.29 is 0 Å². The summed E-state index contributed by atoms with van der Waals surface area (Å²) >= 11 is 0. The van der Waals surface area contributed by atoms with Crippen LogP contribution in [0.4, 0.5) is 5.69 Å². The number of hydrogen-bond acceptors (Lipinski definition) is 2. The normalized spacial score (nSPS) is 15.5. The Bertz CT molecular complexity index is 495. The second-order valence-electron chi connectivity index (χ2n) is 2.46. The lowest BCUT2D eigenvalue weighted by atomic mass is 10.4. The molecule has 52 valence electrons. The van der Waals surface area contributed by atoms with Crippen molar-refractivity contribution in [1.29, 1.82) is 0 Å². The van der Waals surface area contributed by atoms with Gasteiger partial charge in [-0.2, -0.15) is 0 Å². The Balaban J connectivity index is 2.68. The lowest BCUT2D eigenvalue weighted by molar-refractivity contribution is 1.56. The second kappa shape index (κ2) is 1.68. The van der Waals surface area contributed by atoms with Gasteiger partial charge in [0.2, 0.25) is 4.70 Å². The summed E-state index contributed by atoms with van der Waals surface area (Å²) in [5, 5.41) is 5.45. The molecule has 3 rings (SSSR count). The number of thiophene rings is 2. The summed E-state index contributed by atoms with van der Waals surface area (Å²) in [5.41, 5.74) is 1.06. The van der Waals surface area contributed by atoms with Crippen LogP contribution in [0.25, 0.3) is 4.70 Å². The molecule has 3 heteroatoms. The molecule has 3 heterocycles. The fourth-order valence-corrected chi connectivity index (χ4v) is 2.96. The zero-order valence-corrected chi connectivity index (χ0v) is 6.51. The highest BCUT2D eigenvalue weighted by Crippen LogP contribution is 2.28. The highest BCUT2D eigenvalue weighted by molar-refractivity contribution is 7.31. The topological polar surface area (TPSA) is 24.7 Å². The van der Waals surface area contributed by atoms with Gasteiger partial charge < -0.3 is 0 Å². The maximum atomic E-state index is 4.20. The molecule has 0 radical (unpaired) electrons. The van der Waals surface area contributed by atoms with Gasteiger partial charge in [0, 0.05) is 16.3 Å². The Morgan fingerprint density at radius 2 is 2.36 bits per heavy atom. The summed E-state index contributed by atoms with van der Waals surface area (Å²) < 4.78 is 1.33. The maximum absolute atomic E-state index is 4.20. The molecule has 0 bridgehead atoms. The van der Waals surface area contributed by atoms with Crippen molar-refractivity contribution in [2.24, 2.45) is 9.98 Å². The van der Waals surface area contributed by atoms with E-state index in [0.717, 1.165) is 11.0 Å². The molecular formula is C8H5N2S+. The largest absolute Gasteiger partial charge is 0.229 e. The van der Waals surface area contributed by atoms with E-state index in [0.29, 0.717) is 0 Å². The van der Waals surface area contributed by atoms with Crippen LogP contribution >= 0.6 is 10.3 Å². The smallest absolute Gasteiger partial charge is 0.206 e. The Morgan fingerprint density at radius 1 is 1.36 bits per heavy atom. The standard InChI is InChI=1S/C8H5N2S/c1-2-7-8-6(9-5-10-8)4-11(7)3-1/h1-5H/q+1. The number of nitrogens with zero attached hydrogens (tertiary/aromatic N) is 2. The van der Waals surface area contributed by atoms with Crippen molar-refractivity contribution in [2.75, 3.05) is 0 Å². The van der Waals surface area contributed by atoms with Crippen LogP contribution < -0.4 is 5.36 Å². The summed E-state index contributed by atoms with van der Waals surface area (Å²) in [6, 6.07) is 4.21. The van der Waals surface area contributed by atoms with Crippen molar-refractivity contribution in [1.82, 2.24) is 0 Å². The van der Waals surface area contributed by atoms with Crippen LogP contribution in [0, 0.1) is 0 Å². The maximum Gasteiger partial charge on any atom is 0.206 e. The summed E-state index contributed by atoms with van der Waals surface area (Å²) in [6.45, 7) is 0. The van der Waals surface area contributed by atoms with Crippen LogP contribution in [0.3, 0.4) is 0 Å². The third kappa shape index (κ3) is 0.563. The van der Waals surface area contributed by atoms with Gasteiger partial charge in [-0.25, -0.2) is 9.98 Å². The van der Waals surface area contributed by atoms with Gasteiger partial charge in [0.05, 0.1) is 0 Å². The molecule has 0 spiro atoms. The summed E-state index contributed by atoms with van der Waals surface area (Å²) in [4.78, 5) is 8.34. The SMILES string of the molecule is C1=Nc2c[s+]3cccc3c2=N1. The first-order valence-electron chi connectivity index (χ1n) is 3.38. The molecule has 1 atom stereocenters. The van der Waals surface area contributed by atoms with Gasteiger partial charge in [0.25, 0.3) is 0 Å². The highest BCUT2D eigenvalue weighted by atomic mass is 32.2. The molecule has 0 fully saturated rings. The predicted octanol–water partition coefficient (Wildman–Crippen LogP) is 1.90. The molecule has 1 unspecified atom stereocenters. The van der Waals surface area contributed by atoms with Gasteiger partial charge in [-0.05, 0) is 6.07 Å². The third-order valence-corrected chi connectivity index (χ3v) is 3.59. The summed E-state index contributed by atoms with van der Waals surface area (Å²) in [6.07, 6.45) is 1.63. The molecular weight excluding hydrogens is 156 g/mol. The molecule has 2 aromatic rings. The Kier molecular flexibility index (Phi) is 0.830. The Morgan fingerprint density at radius 3 is 3.36 bits per heavy atom. The first-order valence-corrected chi connectivity index (χ1v) is 4.73. The van der Waals surface area contributed by atoms with Gasteiger partial charge in [0.1, 0.15) is 17.4 Å². The molecule has 2 aromatic heterocycles. The zero-order chi connectivity index (χ0) is 7.26. The number of hydrogen-bond donors (Lipinski definition) is 0. The molecule has 1 aliphatic rings. The molecule has 0 amide bonds. The average molecular weight is 161 g/mol. The van der Waals surface area contributed by atoms with Gasteiger partial charge >= 0.3 is 0 Å². The first-order chi connectivity index (χ1) is 5.45. The van der Waals surface area contributed by atoms with E-state index in [1.54, 1.807) is 6.34 Å². The lowest BCUT2D eigenvalue weighted by Gasteiger charge is -1.65. The predicted molar refractivity (Wildman–Crippen MR) is 46.8 cm³/mol. The van der Waals surface area contributed by atoms with Crippen molar-refractivity contribution >= 4 is 27.0 Å². The van der Waals surface area contributed by atoms with Crippen molar-refractivity contribution in [3.63, 3.8) is 0 Å². The van der Waals surface area contributed by atoms with E-state index in [-0.39, 0.29) is 10.3 Å². The molecule has 0 saturated carbocycles. The Labute approximate surface area is 65.8 Å². The summed E-state index contributed by atoms with van der Waals surface area (Å²) in [5.74, 6) is 0. The van der Waals surface area contributed by atoms with E-state index in [4.69, 9.17) is 0 Å².